The van der Waals surface area contributed by atoms with Gasteiger partial charge in [-0.25, -0.2) is 18.1 Å². The molecule has 0 unspecified atom stereocenters. The highest BCUT2D eigenvalue weighted by molar-refractivity contribution is 7.89. The molecule has 0 atom stereocenters. The van der Waals surface area contributed by atoms with Gasteiger partial charge in [0.05, 0.1) is 22.3 Å². The molecule has 6 nitrogen and oxygen atoms in total. The third-order valence-electron chi connectivity index (χ3n) is 3.22. The average molecular weight is 302 g/mol. The van der Waals surface area contributed by atoms with Gasteiger partial charge in [0.25, 0.3) is 0 Å². The van der Waals surface area contributed by atoms with Gasteiger partial charge in [-0.1, -0.05) is 0 Å². The SMILES string of the molecule is Cn1cnc2cc(S(=O)(=O)NCc3ccncc3)ccc21. The van der Waals surface area contributed by atoms with Crippen molar-refractivity contribution < 1.29 is 8.42 Å². The van der Waals surface area contributed by atoms with Crippen molar-refractivity contribution in [1.82, 2.24) is 19.3 Å². The number of benzene rings is 1. The molecule has 0 amide bonds. The van der Waals surface area contributed by atoms with Crippen molar-refractivity contribution in [3.8, 4) is 0 Å². The molecule has 2 heterocycles. The molecule has 0 bridgehead atoms. The molecule has 7 heteroatoms. The first-order valence-electron chi connectivity index (χ1n) is 6.36. The number of pyridine rings is 1. The quantitative estimate of drug-likeness (QED) is 0.791. The normalized spacial score (nSPS) is 11.9. The van der Waals surface area contributed by atoms with Crippen molar-refractivity contribution in [3.63, 3.8) is 0 Å². The van der Waals surface area contributed by atoms with E-state index in [1.54, 1.807) is 49.1 Å². The van der Waals surface area contributed by atoms with Gasteiger partial charge in [-0.2, -0.15) is 0 Å². The van der Waals surface area contributed by atoms with Crippen molar-refractivity contribution in [2.45, 2.75) is 11.4 Å². The highest BCUT2D eigenvalue weighted by Crippen LogP contribution is 2.17. The molecule has 3 aromatic rings. The van der Waals surface area contributed by atoms with E-state index in [9.17, 15) is 8.42 Å². The number of imidazole rings is 1. The van der Waals surface area contributed by atoms with Crippen molar-refractivity contribution in [2.24, 2.45) is 7.05 Å². The summed E-state index contributed by atoms with van der Waals surface area (Å²) in [5.74, 6) is 0. The second kappa shape index (κ2) is 5.27. The minimum Gasteiger partial charge on any atom is -0.334 e. The zero-order valence-electron chi connectivity index (χ0n) is 11.4. The highest BCUT2D eigenvalue weighted by Gasteiger charge is 2.15. The van der Waals surface area contributed by atoms with Crippen molar-refractivity contribution >= 4 is 21.1 Å². The zero-order chi connectivity index (χ0) is 14.9. The fraction of sp³-hybridized carbons (Fsp3) is 0.143. The van der Waals surface area contributed by atoms with E-state index in [4.69, 9.17) is 0 Å². The predicted molar refractivity (Wildman–Crippen MR) is 79.0 cm³/mol. The second-order valence-electron chi connectivity index (χ2n) is 4.69. The van der Waals surface area contributed by atoms with Crippen LogP contribution in [0, 0.1) is 0 Å². The molecule has 0 spiro atoms. The summed E-state index contributed by atoms with van der Waals surface area (Å²) in [6.45, 7) is 0.227. The van der Waals surface area contributed by atoms with Crippen LogP contribution in [0.2, 0.25) is 0 Å². The Morgan fingerprint density at radius 3 is 2.71 bits per heavy atom. The van der Waals surface area contributed by atoms with Crippen LogP contribution >= 0.6 is 0 Å². The van der Waals surface area contributed by atoms with E-state index >= 15 is 0 Å². The third kappa shape index (κ3) is 2.79. The minimum absolute atomic E-state index is 0.211. The summed E-state index contributed by atoms with van der Waals surface area (Å²) in [5, 5.41) is 0. The summed E-state index contributed by atoms with van der Waals surface area (Å²) in [4.78, 5) is 8.28. The molecule has 3 rings (SSSR count). The number of fused-ring (bicyclic) bond motifs is 1. The lowest BCUT2D eigenvalue weighted by molar-refractivity contribution is 0.581. The zero-order valence-corrected chi connectivity index (χ0v) is 12.2. The fourth-order valence-corrected chi connectivity index (χ4v) is 3.08. The first-order valence-corrected chi connectivity index (χ1v) is 7.84. The Morgan fingerprint density at radius 2 is 1.95 bits per heavy atom. The van der Waals surface area contributed by atoms with E-state index in [2.05, 4.69) is 14.7 Å². The number of aryl methyl sites for hydroxylation is 1. The highest BCUT2D eigenvalue weighted by atomic mass is 32.2. The molecule has 1 aromatic carbocycles. The number of nitrogens with zero attached hydrogens (tertiary/aromatic N) is 3. The van der Waals surface area contributed by atoms with E-state index in [1.807, 2.05) is 11.6 Å². The van der Waals surface area contributed by atoms with Gasteiger partial charge >= 0.3 is 0 Å². The van der Waals surface area contributed by atoms with E-state index in [1.165, 1.54) is 0 Å². The van der Waals surface area contributed by atoms with Crippen LogP contribution in [0.15, 0.2) is 53.9 Å². The average Bonchev–Trinajstić information content (AvgIpc) is 2.87. The van der Waals surface area contributed by atoms with Gasteiger partial charge in [0, 0.05) is 26.0 Å². The largest absolute Gasteiger partial charge is 0.334 e. The molecule has 2 aromatic heterocycles. The fourth-order valence-electron chi connectivity index (χ4n) is 2.05. The number of hydrogen-bond donors (Lipinski definition) is 1. The van der Waals surface area contributed by atoms with Crippen molar-refractivity contribution in [1.29, 1.82) is 0 Å². The molecule has 0 saturated heterocycles. The van der Waals surface area contributed by atoms with E-state index in [0.29, 0.717) is 5.52 Å². The van der Waals surface area contributed by atoms with Crippen LogP contribution in [0.5, 0.6) is 0 Å². The van der Waals surface area contributed by atoms with Gasteiger partial charge in [0.2, 0.25) is 10.0 Å². The standard InChI is InChI=1S/C14H14N4O2S/c1-18-10-16-13-8-12(2-3-14(13)18)21(19,20)17-9-11-4-6-15-7-5-11/h2-8,10,17H,9H2,1H3. The van der Waals surface area contributed by atoms with Gasteiger partial charge < -0.3 is 4.57 Å². The molecule has 1 N–H and O–H groups in total. The van der Waals surface area contributed by atoms with Crippen LogP contribution in [0.3, 0.4) is 0 Å². The first-order chi connectivity index (χ1) is 10.1. The van der Waals surface area contributed by atoms with Crippen LogP contribution in [0.1, 0.15) is 5.56 Å². The predicted octanol–water partition coefficient (Wildman–Crippen LogP) is 1.45. The summed E-state index contributed by atoms with van der Waals surface area (Å²) in [7, 11) is -1.69. The molecule has 0 aliphatic heterocycles. The maximum atomic E-state index is 12.3. The van der Waals surface area contributed by atoms with Gasteiger partial charge in [0.15, 0.2) is 0 Å². The van der Waals surface area contributed by atoms with Crippen molar-refractivity contribution in [3.05, 3.63) is 54.6 Å². The van der Waals surface area contributed by atoms with Gasteiger partial charge in [-0.3, -0.25) is 4.98 Å². The number of aromatic nitrogens is 3. The van der Waals surface area contributed by atoms with E-state index < -0.39 is 10.0 Å². The number of sulfonamides is 1. The Morgan fingerprint density at radius 1 is 1.19 bits per heavy atom. The van der Waals surface area contributed by atoms with Crippen LogP contribution in [0.25, 0.3) is 11.0 Å². The van der Waals surface area contributed by atoms with Gasteiger partial charge in [-0.05, 0) is 35.9 Å². The van der Waals surface area contributed by atoms with Gasteiger partial charge in [-0.15, -0.1) is 0 Å². The molecule has 0 fully saturated rings. The molecular weight excluding hydrogens is 288 g/mol. The Labute approximate surface area is 122 Å². The lowest BCUT2D eigenvalue weighted by Crippen LogP contribution is -2.23. The van der Waals surface area contributed by atoms with Crippen LogP contribution in [-0.4, -0.2) is 23.0 Å². The number of hydrogen-bond acceptors (Lipinski definition) is 4. The lowest BCUT2D eigenvalue weighted by Gasteiger charge is -2.07. The summed E-state index contributed by atoms with van der Waals surface area (Å²) >= 11 is 0. The Bertz CT molecular complexity index is 872. The molecule has 0 aliphatic carbocycles. The lowest BCUT2D eigenvalue weighted by atomic mass is 10.3. The Kier molecular flexibility index (Phi) is 3.44. The number of nitrogens with one attached hydrogen (secondary N) is 1. The summed E-state index contributed by atoms with van der Waals surface area (Å²) < 4.78 is 29.0. The third-order valence-corrected chi connectivity index (χ3v) is 4.62. The molecule has 0 aliphatic rings. The smallest absolute Gasteiger partial charge is 0.240 e. The molecule has 21 heavy (non-hydrogen) atoms. The van der Waals surface area contributed by atoms with Crippen LogP contribution in [0.4, 0.5) is 0 Å². The van der Waals surface area contributed by atoms with Crippen LogP contribution in [-0.2, 0) is 23.6 Å². The summed E-state index contributed by atoms with van der Waals surface area (Å²) in [6, 6.07) is 8.45. The number of rotatable bonds is 4. The van der Waals surface area contributed by atoms with Gasteiger partial charge in [0.1, 0.15) is 0 Å². The first kappa shape index (κ1) is 13.7. The maximum Gasteiger partial charge on any atom is 0.240 e. The van der Waals surface area contributed by atoms with Crippen LogP contribution < -0.4 is 4.72 Å². The molecule has 108 valence electrons. The van der Waals surface area contributed by atoms with E-state index in [0.717, 1.165) is 11.1 Å². The molecular formula is C14H14N4O2S. The van der Waals surface area contributed by atoms with E-state index in [-0.39, 0.29) is 11.4 Å². The Balaban J connectivity index is 1.86. The monoisotopic (exact) mass is 302 g/mol. The molecule has 0 radical (unpaired) electrons. The summed E-state index contributed by atoms with van der Waals surface area (Å²) in [6.07, 6.45) is 4.92. The summed E-state index contributed by atoms with van der Waals surface area (Å²) in [5.41, 5.74) is 2.40. The van der Waals surface area contributed by atoms with Crippen molar-refractivity contribution in [2.75, 3.05) is 0 Å². The molecule has 0 saturated carbocycles. The maximum absolute atomic E-state index is 12.3. The topological polar surface area (TPSA) is 76.9 Å². The Hall–Kier alpha value is -2.25. The minimum atomic E-state index is -3.56. The second-order valence-corrected chi connectivity index (χ2v) is 6.45.